The number of benzene rings is 2. The number of carbonyl (C=O) groups is 1. The van der Waals surface area contributed by atoms with Crippen LogP contribution >= 0.6 is 31.9 Å². The smallest absolute Gasteiger partial charge is 0.304 e. The third kappa shape index (κ3) is 3.64. The lowest BCUT2D eigenvalue weighted by atomic mass is 10.2. The van der Waals surface area contributed by atoms with Crippen LogP contribution in [0, 0.1) is 15.9 Å². The van der Waals surface area contributed by atoms with Gasteiger partial charge in [-0.15, -0.1) is 0 Å². The Morgan fingerprint density at radius 1 is 1.19 bits per heavy atom. The summed E-state index contributed by atoms with van der Waals surface area (Å²) in [5, 5.41) is 13.0. The van der Waals surface area contributed by atoms with Crippen molar-refractivity contribution in [2.24, 2.45) is 0 Å². The minimum absolute atomic E-state index is 0.137. The van der Waals surface area contributed by atoms with Crippen molar-refractivity contribution in [3.05, 3.63) is 66.8 Å². The number of hydrogen-bond acceptors (Lipinski definition) is 3. The van der Waals surface area contributed by atoms with E-state index >= 15 is 0 Å². The Balaban J connectivity index is 2.23. The number of carbonyl (C=O) groups excluding carboxylic acids is 1. The second-order valence-electron chi connectivity index (χ2n) is 4.00. The molecule has 108 valence electrons. The SMILES string of the molecule is O=C(Nc1ccc([N+](=O)[O-])c(F)c1)c1ccc(Br)cc1Br. The van der Waals surface area contributed by atoms with Crippen molar-refractivity contribution in [1.29, 1.82) is 0 Å². The maximum absolute atomic E-state index is 13.5. The molecule has 0 aliphatic rings. The summed E-state index contributed by atoms with van der Waals surface area (Å²) in [6.07, 6.45) is 0. The van der Waals surface area contributed by atoms with Crippen LogP contribution in [0.1, 0.15) is 10.4 Å². The molecule has 0 bridgehead atoms. The average Bonchev–Trinajstić information content (AvgIpc) is 2.37. The molecule has 1 amide bonds. The van der Waals surface area contributed by atoms with Crippen molar-refractivity contribution < 1.29 is 14.1 Å². The highest BCUT2D eigenvalue weighted by Gasteiger charge is 2.16. The van der Waals surface area contributed by atoms with Crippen LogP contribution in [0.4, 0.5) is 15.8 Å². The van der Waals surface area contributed by atoms with Gasteiger partial charge >= 0.3 is 5.69 Å². The Bertz CT molecular complexity index is 737. The van der Waals surface area contributed by atoms with E-state index in [-0.39, 0.29) is 5.69 Å². The first-order valence-corrected chi connectivity index (χ1v) is 7.17. The van der Waals surface area contributed by atoms with Crippen LogP contribution in [-0.2, 0) is 0 Å². The Kier molecular flexibility index (Phi) is 4.69. The first-order valence-electron chi connectivity index (χ1n) is 5.59. The minimum atomic E-state index is -1.01. The fourth-order valence-corrected chi connectivity index (χ4v) is 2.83. The van der Waals surface area contributed by atoms with E-state index < -0.39 is 22.3 Å². The number of anilines is 1. The molecule has 0 atom stereocenters. The van der Waals surface area contributed by atoms with Crippen molar-refractivity contribution in [1.82, 2.24) is 0 Å². The Labute approximate surface area is 135 Å². The van der Waals surface area contributed by atoms with Crippen molar-refractivity contribution in [2.75, 3.05) is 5.32 Å². The average molecular weight is 418 g/mol. The Hall–Kier alpha value is -1.80. The lowest BCUT2D eigenvalue weighted by Gasteiger charge is -2.07. The van der Waals surface area contributed by atoms with Gasteiger partial charge in [-0.05, 0) is 40.2 Å². The third-order valence-corrected chi connectivity index (χ3v) is 3.73. The van der Waals surface area contributed by atoms with Gasteiger partial charge in [-0.25, -0.2) is 0 Å². The number of nitrogens with one attached hydrogen (secondary N) is 1. The summed E-state index contributed by atoms with van der Waals surface area (Å²) in [5.41, 5.74) is -0.146. The third-order valence-electron chi connectivity index (χ3n) is 2.58. The molecule has 0 saturated carbocycles. The molecule has 2 rings (SSSR count). The van der Waals surface area contributed by atoms with E-state index in [9.17, 15) is 19.3 Å². The van der Waals surface area contributed by atoms with Gasteiger partial charge in [0.1, 0.15) is 0 Å². The molecule has 0 heterocycles. The zero-order valence-electron chi connectivity index (χ0n) is 10.3. The molecule has 0 aromatic heterocycles. The standard InChI is InChI=1S/C13H7Br2FN2O3/c14-7-1-3-9(10(15)5-7)13(19)17-8-2-4-12(18(20)21)11(16)6-8/h1-6H,(H,17,19). The number of hydrogen-bond donors (Lipinski definition) is 1. The molecule has 0 saturated heterocycles. The molecule has 0 fully saturated rings. The molecule has 2 aromatic carbocycles. The Morgan fingerprint density at radius 3 is 2.48 bits per heavy atom. The van der Waals surface area contributed by atoms with Crippen molar-refractivity contribution >= 4 is 49.1 Å². The van der Waals surface area contributed by atoms with Crippen LogP contribution in [0.5, 0.6) is 0 Å². The highest BCUT2D eigenvalue weighted by atomic mass is 79.9. The predicted molar refractivity (Wildman–Crippen MR) is 82.8 cm³/mol. The van der Waals surface area contributed by atoms with Gasteiger partial charge in [0.2, 0.25) is 5.82 Å². The van der Waals surface area contributed by atoms with Gasteiger partial charge in [-0.2, -0.15) is 4.39 Å². The van der Waals surface area contributed by atoms with Gasteiger partial charge in [0.25, 0.3) is 5.91 Å². The summed E-state index contributed by atoms with van der Waals surface area (Å²) in [6, 6.07) is 8.16. The van der Waals surface area contributed by atoms with Gasteiger partial charge in [-0.1, -0.05) is 15.9 Å². The van der Waals surface area contributed by atoms with Crippen LogP contribution in [0.15, 0.2) is 45.3 Å². The summed E-state index contributed by atoms with van der Waals surface area (Å²) in [6.45, 7) is 0. The van der Waals surface area contributed by atoms with E-state index in [1.54, 1.807) is 18.2 Å². The summed E-state index contributed by atoms with van der Waals surface area (Å²) >= 11 is 6.52. The number of amides is 1. The molecule has 0 unspecified atom stereocenters. The fraction of sp³-hybridized carbons (Fsp3) is 0. The van der Waals surface area contributed by atoms with Gasteiger partial charge in [0.15, 0.2) is 0 Å². The van der Waals surface area contributed by atoms with Crippen molar-refractivity contribution in [3.8, 4) is 0 Å². The predicted octanol–water partition coefficient (Wildman–Crippen LogP) is 4.51. The zero-order valence-corrected chi connectivity index (χ0v) is 13.4. The number of nitrogens with zero attached hydrogens (tertiary/aromatic N) is 1. The molecule has 2 aromatic rings. The van der Waals surface area contributed by atoms with Crippen LogP contribution in [0.2, 0.25) is 0 Å². The van der Waals surface area contributed by atoms with Crippen LogP contribution in [0.25, 0.3) is 0 Å². The quantitative estimate of drug-likeness (QED) is 0.589. The summed E-state index contributed by atoms with van der Waals surface area (Å²) in [5.74, 6) is -1.46. The minimum Gasteiger partial charge on any atom is -0.322 e. The first-order chi connectivity index (χ1) is 9.88. The second-order valence-corrected chi connectivity index (χ2v) is 5.77. The number of rotatable bonds is 3. The van der Waals surface area contributed by atoms with Gasteiger partial charge in [-0.3, -0.25) is 14.9 Å². The van der Waals surface area contributed by atoms with Gasteiger partial charge in [0.05, 0.1) is 10.5 Å². The highest BCUT2D eigenvalue weighted by molar-refractivity contribution is 9.11. The van der Waals surface area contributed by atoms with Crippen molar-refractivity contribution in [3.63, 3.8) is 0 Å². The van der Waals surface area contributed by atoms with Gasteiger partial charge in [0, 0.05) is 26.8 Å². The van der Waals surface area contributed by atoms with E-state index in [1.165, 1.54) is 6.07 Å². The normalized spacial score (nSPS) is 10.2. The molecule has 1 N–H and O–H groups in total. The second kappa shape index (κ2) is 6.31. The van der Waals surface area contributed by atoms with Crippen LogP contribution in [-0.4, -0.2) is 10.8 Å². The molecule has 0 aliphatic heterocycles. The molecule has 8 heteroatoms. The number of nitro benzene ring substituents is 1. The molecular weight excluding hydrogens is 411 g/mol. The molecule has 0 radical (unpaired) electrons. The lowest BCUT2D eigenvalue weighted by Crippen LogP contribution is -2.12. The van der Waals surface area contributed by atoms with E-state index in [4.69, 9.17) is 0 Å². The zero-order chi connectivity index (χ0) is 15.6. The molecule has 21 heavy (non-hydrogen) atoms. The molecule has 0 spiro atoms. The van der Waals surface area contributed by atoms with E-state index in [2.05, 4.69) is 37.2 Å². The van der Waals surface area contributed by atoms with E-state index in [0.29, 0.717) is 10.0 Å². The Morgan fingerprint density at radius 2 is 1.90 bits per heavy atom. The maximum Gasteiger partial charge on any atom is 0.304 e. The number of nitro groups is 1. The number of halogens is 3. The van der Waals surface area contributed by atoms with E-state index in [0.717, 1.165) is 16.6 Å². The lowest BCUT2D eigenvalue weighted by molar-refractivity contribution is -0.387. The molecular formula is C13H7Br2FN2O3. The fourth-order valence-electron chi connectivity index (χ4n) is 1.60. The van der Waals surface area contributed by atoms with Gasteiger partial charge < -0.3 is 5.32 Å². The highest BCUT2D eigenvalue weighted by Crippen LogP contribution is 2.24. The largest absolute Gasteiger partial charge is 0.322 e. The van der Waals surface area contributed by atoms with Crippen molar-refractivity contribution in [2.45, 2.75) is 0 Å². The molecule has 0 aliphatic carbocycles. The van der Waals surface area contributed by atoms with Crippen LogP contribution in [0.3, 0.4) is 0 Å². The first kappa shape index (κ1) is 15.6. The summed E-state index contributed by atoms with van der Waals surface area (Å²) < 4.78 is 14.8. The van der Waals surface area contributed by atoms with Crippen LogP contribution < -0.4 is 5.32 Å². The maximum atomic E-state index is 13.5. The topological polar surface area (TPSA) is 72.2 Å². The summed E-state index contributed by atoms with van der Waals surface area (Å²) in [4.78, 5) is 21.8. The summed E-state index contributed by atoms with van der Waals surface area (Å²) in [7, 11) is 0. The molecule has 5 nitrogen and oxygen atoms in total. The van der Waals surface area contributed by atoms with E-state index in [1.807, 2.05) is 0 Å². The monoisotopic (exact) mass is 416 g/mol.